The minimum Gasteiger partial charge on any atom is -0.396 e. The molecule has 0 spiro atoms. The van der Waals surface area contributed by atoms with Gasteiger partial charge in [-0.2, -0.15) is 0 Å². The molecule has 0 aliphatic heterocycles. The summed E-state index contributed by atoms with van der Waals surface area (Å²) in [4.78, 5) is 0. The van der Waals surface area contributed by atoms with Gasteiger partial charge in [0.15, 0.2) is 0 Å². The second-order valence-corrected chi connectivity index (χ2v) is 3.91. The highest BCUT2D eigenvalue weighted by Crippen LogP contribution is 2.18. The Bertz CT molecular complexity index is 102. The van der Waals surface area contributed by atoms with Crippen molar-refractivity contribution in [2.45, 2.75) is 33.7 Å². The van der Waals surface area contributed by atoms with Crippen LogP contribution in [0.15, 0.2) is 0 Å². The summed E-state index contributed by atoms with van der Waals surface area (Å²) in [5.41, 5.74) is 5.91. The molecule has 0 aromatic carbocycles. The summed E-state index contributed by atoms with van der Waals surface area (Å²) >= 11 is 0. The van der Waals surface area contributed by atoms with Crippen LogP contribution in [0.3, 0.4) is 0 Å². The lowest BCUT2D eigenvalue weighted by atomic mass is 9.84. The highest BCUT2D eigenvalue weighted by molar-refractivity contribution is 4.77. The van der Waals surface area contributed by atoms with E-state index >= 15 is 0 Å². The van der Waals surface area contributed by atoms with Crippen LogP contribution in [-0.4, -0.2) is 17.8 Å². The first-order chi connectivity index (χ1) is 5.00. The molecule has 3 N–H and O–H groups in total. The molecule has 2 nitrogen and oxygen atoms in total. The van der Waals surface area contributed by atoms with Crippen LogP contribution in [0.1, 0.15) is 27.7 Å². The Morgan fingerprint density at radius 1 is 1.09 bits per heavy atom. The highest BCUT2D eigenvalue weighted by atomic mass is 16.3. The van der Waals surface area contributed by atoms with E-state index in [4.69, 9.17) is 10.8 Å². The van der Waals surface area contributed by atoms with Crippen molar-refractivity contribution < 1.29 is 5.11 Å². The van der Waals surface area contributed by atoms with E-state index in [0.717, 1.165) is 0 Å². The Balaban J connectivity index is 4.02. The Hall–Kier alpha value is -0.0800. The Morgan fingerprint density at radius 3 is 1.64 bits per heavy atom. The van der Waals surface area contributed by atoms with Crippen LogP contribution >= 0.6 is 0 Å². The number of aliphatic hydroxyl groups is 1. The van der Waals surface area contributed by atoms with Crippen molar-refractivity contribution in [3.8, 4) is 0 Å². The zero-order chi connectivity index (χ0) is 9.02. The molecule has 68 valence electrons. The standard InChI is InChI=1S/C9H21NO/c1-6(2)8(5-11)9(10)7(3)4/h6-9,11H,5,10H2,1-4H3/t8-,9+/m0/s1. The fourth-order valence-corrected chi connectivity index (χ4v) is 1.27. The third-order valence-corrected chi connectivity index (χ3v) is 2.33. The lowest BCUT2D eigenvalue weighted by molar-refractivity contribution is 0.148. The molecule has 0 bridgehead atoms. The average molecular weight is 159 g/mol. The molecule has 0 fully saturated rings. The topological polar surface area (TPSA) is 46.2 Å². The zero-order valence-corrected chi connectivity index (χ0v) is 8.04. The predicted octanol–water partition coefficient (Wildman–Crippen LogP) is 1.23. The maximum absolute atomic E-state index is 9.04. The van der Waals surface area contributed by atoms with Crippen molar-refractivity contribution in [1.82, 2.24) is 0 Å². The first-order valence-corrected chi connectivity index (χ1v) is 4.37. The number of rotatable bonds is 4. The van der Waals surface area contributed by atoms with Gasteiger partial charge >= 0.3 is 0 Å². The number of hydrogen-bond donors (Lipinski definition) is 2. The second kappa shape index (κ2) is 4.73. The summed E-state index contributed by atoms with van der Waals surface area (Å²) in [6.07, 6.45) is 0. The molecular formula is C9H21NO. The summed E-state index contributed by atoms with van der Waals surface area (Å²) < 4.78 is 0. The molecule has 0 saturated heterocycles. The zero-order valence-electron chi connectivity index (χ0n) is 8.04. The molecular weight excluding hydrogens is 138 g/mol. The molecule has 0 aromatic heterocycles. The molecule has 0 aromatic rings. The van der Waals surface area contributed by atoms with Gasteiger partial charge in [0.05, 0.1) is 0 Å². The van der Waals surface area contributed by atoms with Crippen LogP contribution in [0.2, 0.25) is 0 Å². The Kier molecular flexibility index (Phi) is 4.69. The molecule has 0 heterocycles. The van der Waals surface area contributed by atoms with Crippen LogP contribution in [0.5, 0.6) is 0 Å². The average Bonchev–Trinajstić information content (AvgIpc) is 1.88. The quantitative estimate of drug-likeness (QED) is 0.648. The molecule has 2 atom stereocenters. The largest absolute Gasteiger partial charge is 0.396 e. The monoisotopic (exact) mass is 159 g/mol. The van der Waals surface area contributed by atoms with Crippen LogP contribution in [0.4, 0.5) is 0 Å². The van der Waals surface area contributed by atoms with Crippen molar-refractivity contribution in [3.63, 3.8) is 0 Å². The van der Waals surface area contributed by atoms with E-state index in [2.05, 4.69) is 27.7 Å². The molecule has 0 radical (unpaired) electrons. The Morgan fingerprint density at radius 2 is 1.55 bits per heavy atom. The van der Waals surface area contributed by atoms with Gasteiger partial charge < -0.3 is 10.8 Å². The fraction of sp³-hybridized carbons (Fsp3) is 1.00. The van der Waals surface area contributed by atoms with Crippen molar-refractivity contribution in [2.24, 2.45) is 23.5 Å². The van der Waals surface area contributed by atoms with Crippen molar-refractivity contribution in [2.75, 3.05) is 6.61 Å². The van der Waals surface area contributed by atoms with Gasteiger partial charge in [-0.25, -0.2) is 0 Å². The van der Waals surface area contributed by atoms with Gasteiger partial charge in [-0.05, 0) is 17.8 Å². The van der Waals surface area contributed by atoms with Crippen LogP contribution in [0.25, 0.3) is 0 Å². The normalized spacial score (nSPS) is 17.5. The smallest absolute Gasteiger partial charge is 0.0476 e. The highest BCUT2D eigenvalue weighted by Gasteiger charge is 2.22. The van der Waals surface area contributed by atoms with E-state index in [-0.39, 0.29) is 18.6 Å². The summed E-state index contributed by atoms with van der Waals surface area (Å²) in [6, 6.07) is 0.125. The maximum Gasteiger partial charge on any atom is 0.0476 e. The molecule has 0 aliphatic carbocycles. The first kappa shape index (κ1) is 10.9. The third kappa shape index (κ3) is 3.21. The van der Waals surface area contributed by atoms with E-state index in [9.17, 15) is 0 Å². The Labute approximate surface area is 69.8 Å². The van der Waals surface area contributed by atoms with Gasteiger partial charge in [0.1, 0.15) is 0 Å². The van der Waals surface area contributed by atoms with E-state index < -0.39 is 0 Å². The van der Waals surface area contributed by atoms with Crippen LogP contribution in [0, 0.1) is 17.8 Å². The summed E-state index contributed by atoms with van der Waals surface area (Å²) in [7, 11) is 0. The van der Waals surface area contributed by atoms with Gasteiger partial charge in [-0.1, -0.05) is 27.7 Å². The summed E-state index contributed by atoms with van der Waals surface area (Å²) in [5.74, 6) is 1.17. The SMILES string of the molecule is CC(C)[C@@H](N)[C@@H](CO)C(C)C. The predicted molar refractivity (Wildman–Crippen MR) is 48.2 cm³/mol. The first-order valence-electron chi connectivity index (χ1n) is 4.37. The van der Waals surface area contributed by atoms with Crippen LogP contribution < -0.4 is 5.73 Å². The lowest BCUT2D eigenvalue weighted by Crippen LogP contribution is -2.39. The van der Waals surface area contributed by atoms with Crippen molar-refractivity contribution in [3.05, 3.63) is 0 Å². The van der Waals surface area contributed by atoms with Crippen molar-refractivity contribution >= 4 is 0 Å². The number of aliphatic hydroxyl groups excluding tert-OH is 1. The van der Waals surface area contributed by atoms with Gasteiger partial charge in [-0.3, -0.25) is 0 Å². The minimum atomic E-state index is 0.125. The van der Waals surface area contributed by atoms with Gasteiger partial charge in [0, 0.05) is 12.6 Å². The second-order valence-electron chi connectivity index (χ2n) is 3.91. The van der Waals surface area contributed by atoms with Gasteiger partial charge in [0.25, 0.3) is 0 Å². The molecule has 11 heavy (non-hydrogen) atoms. The van der Waals surface area contributed by atoms with E-state index in [1.54, 1.807) is 0 Å². The molecule has 0 rings (SSSR count). The van der Waals surface area contributed by atoms with Crippen LogP contribution in [-0.2, 0) is 0 Å². The van der Waals surface area contributed by atoms with Gasteiger partial charge in [-0.15, -0.1) is 0 Å². The minimum absolute atomic E-state index is 0.125. The third-order valence-electron chi connectivity index (χ3n) is 2.33. The molecule has 2 heteroatoms. The summed E-state index contributed by atoms with van der Waals surface area (Å²) in [5, 5.41) is 9.04. The van der Waals surface area contributed by atoms with E-state index in [1.807, 2.05) is 0 Å². The fourth-order valence-electron chi connectivity index (χ4n) is 1.27. The number of nitrogens with two attached hydrogens (primary N) is 1. The molecule has 0 unspecified atom stereocenters. The molecule has 0 amide bonds. The lowest BCUT2D eigenvalue weighted by Gasteiger charge is -2.28. The van der Waals surface area contributed by atoms with Crippen molar-refractivity contribution in [1.29, 1.82) is 0 Å². The molecule has 0 saturated carbocycles. The van der Waals surface area contributed by atoms with E-state index in [0.29, 0.717) is 11.8 Å². The maximum atomic E-state index is 9.04. The number of hydrogen-bond acceptors (Lipinski definition) is 2. The summed E-state index contributed by atoms with van der Waals surface area (Å²) in [6.45, 7) is 8.59. The van der Waals surface area contributed by atoms with E-state index in [1.165, 1.54) is 0 Å². The van der Waals surface area contributed by atoms with Gasteiger partial charge in [0.2, 0.25) is 0 Å². The molecule has 0 aliphatic rings.